The normalized spacial score (nSPS) is 17.3. The van der Waals surface area contributed by atoms with Crippen LogP contribution in [0.5, 0.6) is 34.5 Å². The summed E-state index contributed by atoms with van der Waals surface area (Å²) in [5.41, 5.74) is 13.2. The van der Waals surface area contributed by atoms with Gasteiger partial charge in [0.15, 0.2) is 0 Å². The molecule has 3 aliphatic rings. The van der Waals surface area contributed by atoms with E-state index in [-0.39, 0.29) is 34.5 Å². The van der Waals surface area contributed by atoms with Gasteiger partial charge in [-0.1, -0.05) is 72.8 Å². The van der Waals surface area contributed by atoms with Gasteiger partial charge in [0.25, 0.3) is 0 Å². The van der Waals surface area contributed by atoms with Crippen LogP contribution in [-0.4, -0.2) is 30.6 Å². The molecule has 0 aliphatic heterocycles. The van der Waals surface area contributed by atoms with Crippen LogP contribution in [0, 0.1) is 0 Å². The Hall–Kier alpha value is -6.66. The predicted octanol–water partition coefficient (Wildman–Crippen LogP) is 9.40. The summed E-state index contributed by atoms with van der Waals surface area (Å²) in [5.74, 6) is -1.23. The first-order chi connectivity index (χ1) is 24.8. The quantitative estimate of drug-likeness (QED) is 0.105. The lowest BCUT2D eigenvalue weighted by Gasteiger charge is -2.26. The number of rotatable bonds is 3. The molecule has 7 aromatic carbocycles. The Morgan fingerprint density at radius 1 is 0.294 bits per heavy atom. The van der Waals surface area contributed by atoms with E-state index < -0.39 is 17.8 Å². The summed E-state index contributed by atoms with van der Waals surface area (Å²) in [4.78, 5) is 0. The lowest BCUT2D eigenvalue weighted by atomic mass is 9.77. The summed E-state index contributed by atoms with van der Waals surface area (Å²) in [6.07, 6.45) is 0. The van der Waals surface area contributed by atoms with E-state index in [0.717, 1.165) is 66.8 Å². The third-order valence-corrected chi connectivity index (χ3v) is 11.1. The molecule has 51 heavy (non-hydrogen) atoms. The van der Waals surface area contributed by atoms with Gasteiger partial charge in [0, 0.05) is 34.4 Å². The van der Waals surface area contributed by atoms with Crippen molar-refractivity contribution < 1.29 is 30.6 Å². The van der Waals surface area contributed by atoms with Gasteiger partial charge in [0.1, 0.15) is 34.5 Å². The van der Waals surface area contributed by atoms with Gasteiger partial charge in [-0.15, -0.1) is 0 Å². The topological polar surface area (TPSA) is 121 Å². The molecule has 0 amide bonds. The fourth-order valence-electron chi connectivity index (χ4n) is 9.23. The minimum Gasteiger partial charge on any atom is -0.508 e. The van der Waals surface area contributed by atoms with E-state index in [1.165, 1.54) is 36.4 Å². The van der Waals surface area contributed by atoms with Crippen molar-refractivity contribution in [2.45, 2.75) is 17.8 Å². The maximum absolute atomic E-state index is 11.5. The zero-order valence-corrected chi connectivity index (χ0v) is 27.0. The summed E-state index contributed by atoms with van der Waals surface area (Å²) < 4.78 is 0. The van der Waals surface area contributed by atoms with Crippen molar-refractivity contribution in [1.82, 2.24) is 0 Å². The van der Waals surface area contributed by atoms with Crippen molar-refractivity contribution in [3.8, 4) is 67.9 Å². The third-order valence-electron chi connectivity index (χ3n) is 11.1. The standard InChI is InChI=1S/C45H30O6/c46-22-13-16-34(49)31(19-22)37-25-7-1-4-10-28(25)40-43(37)41-29-11-5-2-8-26(29)39(33-21-24(48)15-18-36(33)51)45(41)42-30-12-6-3-9-27(30)38(44(40)42)32-20-23(47)14-17-35(32)50/h1-21,37-39,46-51H/t37-,38-,39+/m0/s1. The van der Waals surface area contributed by atoms with E-state index in [1.54, 1.807) is 18.2 Å². The molecule has 10 rings (SSSR count). The molecule has 0 bridgehead atoms. The highest BCUT2D eigenvalue weighted by atomic mass is 16.3. The Balaban J connectivity index is 1.45. The molecular weight excluding hydrogens is 636 g/mol. The molecule has 6 heteroatoms. The van der Waals surface area contributed by atoms with Crippen LogP contribution in [0.3, 0.4) is 0 Å². The number of aromatic hydroxyl groups is 6. The molecule has 0 saturated heterocycles. The van der Waals surface area contributed by atoms with Crippen LogP contribution >= 0.6 is 0 Å². The van der Waals surface area contributed by atoms with Crippen LogP contribution < -0.4 is 0 Å². The number of phenols is 6. The summed E-state index contributed by atoms with van der Waals surface area (Å²) >= 11 is 0. The highest BCUT2D eigenvalue weighted by molar-refractivity contribution is 6.04. The van der Waals surface area contributed by atoms with Gasteiger partial charge in [-0.2, -0.15) is 0 Å². The lowest BCUT2D eigenvalue weighted by molar-refractivity contribution is 0.453. The monoisotopic (exact) mass is 666 g/mol. The fraction of sp³-hybridized carbons (Fsp3) is 0.0667. The molecule has 7 aromatic rings. The molecule has 246 valence electrons. The summed E-state index contributed by atoms with van der Waals surface area (Å²) in [6.45, 7) is 0. The van der Waals surface area contributed by atoms with Gasteiger partial charge in [0.2, 0.25) is 0 Å². The summed E-state index contributed by atoms with van der Waals surface area (Å²) in [7, 11) is 0. The minimum atomic E-state index is -0.492. The van der Waals surface area contributed by atoms with E-state index in [1.807, 2.05) is 36.4 Å². The molecule has 6 N–H and O–H groups in total. The zero-order chi connectivity index (χ0) is 34.7. The van der Waals surface area contributed by atoms with E-state index in [2.05, 4.69) is 36.4 Å². The molecule has 0 radical (unpaired) electrons. The first-order valence-electron chi connectivity index (χ1n) is 16.9. The average molecular weight is 667 g/mol. The van der Waals surface area contributed by atoms with Crippen molar-refractivity contribution in [3.63, 3.8) is 0 Å². The second kappa shape index (κ2) is 10.4. The van der Waals surface area contributed by atoms with Crippen molar-refractivity contribution in [1.29, 1.82) is 0 Å². The van der Waals surface area contributed by atoms with Crippen molar-refractivity contribution >= 4 is 0 Å². The van der Waals surface area contributed by atoms with E-state index in [4.69, 9.17) is 0 Å². The molecule has 0 spiro atoms. The van der Waals surface area contributed by atoms with Crippen molar-refractivity contribution in [3.05, 3.63) is 177 Å². The Morgan fingerprint density at radius 2 is 0.569 bits per heavy atom. The van der Waals surface area contributed by atoms with Crippen LogP contribution in [-0.2, 0) is 0 Å². The van der Waals surface area contributed by atoms with Crippen LogP contribution in [0.2, 0.25) is 0 Å². The zero-order valence-electron chi connectivity index (χ0n) is 27.0. The van der Waals surface area contributed by atoms with Gasteiger partial charge in [0.05, 0.1) is 0 Å². The summed E-state index contributed by atoms with van der Waals surface area (Å²) in [6, 6.07) is 38.2. The van der Waals surface area contributed by atoms with E-state index in [0.29, 0.717) is 16.7 Å². The van der Waals surface area contributed by atoms with Crippen molar-refractivity contribution in [2.24, 2.45) is 0 Å². The molecule has 0 aromatic heterocycles. The molecule has 0 unspecified atom stereocenters. The first kappa shape index (κ1) is 29.3. The largest absolute Gasteiger partial charge is 0.508 e. The van der Waals surface area contributed by atoms with Gasteiger partial charge in [-0.3, -0.25) is 0 Å². The third kappa shape index (κ3) is 3.93. The maximum Gasteiger partial charge on any atom is 0.120 e. The Bertz CT molecular complexity index is 2330. The van der Waals surface area contributed by atoms with Crippen molar-refractivity contribution in [2.75, 3.05) is 0 Å². The number of fused-ring (bicyclic) bond motifs is 12. The average Bonchev–Trinajstić information content (AvgIpc) is 3.77. The second-order valence-electron chi connectivity index (χ2n) is 13.7. The number of benzene rings is 7. The predicted molar refractivity (Wildman–Crippen MR) is 195 cm³/mol. The van der Waals surface area contributed by atoms with Gasteiger partial charge in [-0.25, -0.2) is 0 Å². The Kier molecular flexibility index (Phi) is 5.98. The molecular formula is C45H30O6. The lowest BCUT2D eigenvalue weighted by Crippen LogP contribution is -2.08. The summed E-state index contributed by atoms with van der Waals surface area (Å²) in [5, 5.41) is 66.9. The number of phenolic OH excluding ortho intramolecular Hbond substituents is 6. The van der Waals surface area contributed by atoms with Crippen LogP contribution in [0.25, 0.3) is 33.4 Å². The minimum absolute atomic E-state index is 0.0319. The molecule has 0 fully saturated rings. The molecule has 0 heterocycles. The fourth-order valence-corrected chi connectivity index (χ4v) is 9.23. The number of hydrogen-bond acceptors (Lipinski definition) is 6. The van der Waals surface area contributed by atoms with E-state index in [9.17, 15) is 30.6 Å². The van der Waals surface area contributed by atoms with E-state index >= 15 is 0 Å². The molecule has 6 nitrogen and oxygen atoms in total. The SMILES string of the molecule is Oc1ccc(O)c([C@@H]2c3ccccc3-c3c2c2c(c4c3[C@@H](c3cc(O)ccc3O)c3ccccc3-4)[C@H](c3cc(O)ccc3O)c3ccccc3-2)c1. The Morgan fingerprint density at radius 3 is 0.863 bits per heavy atom. The Labute approximate surface area is 293 Å². The van der Waals surface area contributed by atoms with Crippen LogP contribution in [0.15, 0.2) is 127 Å². The van der Waals surface area contributed by atoms with Crippen LogP contribution in [0.4, 0.5) is 0 Å². The maximum atomic E-state index is 11.5. The number of hydrogen-bond donors (Lipinski definition) is 6. The highest BCUT2D eigenvalue weighted by Gasteiger charge is 2.48. The molecule has 0 saturated carbocycles. The van der Waals surface area contributed by atoms with Gasteiger partial charge in [-0.05, 0) is 121 Å². The first-order valence-corrected chi connectivity index (χ1v) is 16.9. The molecule has 3 aliphatic carbocycles. The van der Waals surface area contributed by atoms with Gasteiger partial charge >= 0.3 is 0 Å². The van der Waals surface area contributed by atoms with Gasteiger partial charge < -0.3 is 30.6 Å². The highest BCUT2D eigenvalue weighted by Crippen LogP contribution is 2.67. The smallest absolute Gasteiger partial charge is 0.120 e. The second-order valence-corrected chi connectivity index (χ2v) is 13.7. The van der Waals surface area contributed by atoms with Crippen LogP contribution in [0.1, 0.15) is 67.8 Å². The molecule has 3 atom stereocenters.